The summed E-state index contributed by atoms with van der Waals surface area (Å²) in [5, 5.41) is 3.33. The summed E-state index contributed by atoms with van der Waals surface area (Å²) in [4.78, 5) is 16.1. The van der Waals surface area contributed by atoms with Gasteiger partial charge in [-0.05, 0) is 30.6 Å². The third-order valence-corrected chi connectivity index (χ3v) is 4.92. The molecule has 1 aromatic heterocycles. The fourth-order valence-electron chi connectivity index (χ4n) is 1.48. The van der Waals surface area contributed by atoms with E-state index in [0.29, 0.717) is 33.6 Å². The normalized spacial score (nSPS) is 10.6. The topological polar surface area (TPSA) is 80.9 Å². The summed E-state index contributed by atoms with van der Waals surface area (Å²) in [7, 11) is 0. The Morgan fingerprint density at radius 2 is 2.10 bits per heavy atom. The van der Waals surface area contributed by atoms with Crippen LogP contribution in [0.5, 0.6) is 0 Å². The molecule has 9 heteroatoms. The predicted molar refractivity (Wildman–Crippen MR) is 89.5 cm³/mol. The molecule has 0 unspecified atom stereocenters. The quantitative estimate of drug-likeness (QED) is 0.623. The van der Waals surface area contributed by atoms with Crippen LogP contribution in [0.4, 0.5) is 11.4 Å². The molecule has 1 amide bonds. The summed E-state index contributed by atoms with van der Waals surface area (Å²) in [6.07, 6.45) is 0.320. The minimum atomic E-state index is -0.169. The number of hydrogen-bond acceptors (Lipinski definition) is 6. The number of aryl methyl sites for hydroxylation is 1. The molecule has 0 saturated carbocycles. The zero-order valence-corrected chi connectivity index (χ0v) is 14.2. The van der Waals surface area contributed by atoms with Crippen LogP contribution in [-0.4, -0.2) is 21.0 Å². The highest BCUT2D eigenvalue weighted by Crippen LogP contribution is 2.33. The number of rotatable bonds is 5. The number of benzene rings is 1. The van der Waals surface area contributed by atoms with Crippen molar-refractivity contribution in [1.82, 2.24) is 9.36 Å². The lowest BCUT2D eigenvalue weighted by atomic mass is 10.2. The van der Waals surface area contributed by atoms with Gasteiger partial charge in [0, 0.05) is 17.9 Å². The van der Waals surface area contributed by atoms with Crippen molar-refractivity contribution in [3.8, 4) is 0 Å². The molecule has 2 aromatic rings. The number of thioether (sulfide) groups is 1. The lowest BCUT2D eigenvalue weighted by molar-refractivity contribution is -0.115. The number of halogens is 2. The SMILES string of the molecule is Cc1nsc(SCCC(=O)Nc2c(Cl)cc(N)cc2Cl)n1. The Labute approximate surface area is 140 Å². The second-order valence-electron chi connectivity index (χ2n) is 4.11. The first-order valence-corrected chi connectivity index (χ1v) is 8.44. The van der Waals surface area contributed by atoms with Crippen LogP contribution in [-0.2, 0) is 4.79 Å². The zero-order valence-electron chi connectivity index (χ0n) is 11.0. The third kappa shape index (κ3) is 4.74. The molecule has 21 heavy (non-hydrogen) atoms. The van der Waals surface area contributed by atoms with E-state index in [4.69, 9.17) is 28.9 Å². The van der Waals surface area contributed by atoms with E-state index in [0.717, 1.165) is 10.2 Å². The van der Waals surface area contributed by atoms with Crippen LogP contribution >= 0.6 is 46.5 Å². The van der Waals surface area contributed by atoms with Gasteiger partial charge in [-0.25, -0.2) is 4.98 Å². The average Bonchev–Trinajstić information content (AvgIpc) is 2.79. The lowest BCUT2D eigenvalue weighted by Gasteiger charge is -2.09. The Balaban J connectivity index is 1.87. The Morgan fingerprint density at radius 1 is 1.43 bits per heavy atom. The van der Waals surface area contributed by atoms with Gasteiger partial charge in [-0.2, -0.15) is 4.37 Å². The number of hydrogen-bond donors (Lipinski definition) is 2. The van der Waals surface area contributed by atoms with E-state index in [2.05, 4.69) is 14.7 Å². The molecular formula is C12H12Cl2N4OS2. The van der Waals surface area contributed by atoms with Gasteiger partial charge in [-0.3, -0.25) is 4.79 Å². The highest BCUT2D eigenvalue weighted by atomic mass is 35.5. The van der Waals surface area contributed by atoms with Crippen molar-refractivity contribution in [1.29, 1.82) is 0 Å². The van der Waals surface area contributed by atoms with Crippen LogP contribution in [0.2, 0.25) is 10.0 Å². The van der Waals surface area contributed by atoms with Gasteiger partial charge < -0.3 is 11.1 Å². The predicted octanol–water partition coefficient (Wildman–Crippen LogP) is 3.86. The van der Waals surface area contributed by atoms with E-state index in [9.17, 15) is 4.79 Å². The Morgan fingerprint density at radius 3 is 2.67 bits per heavy atom. The van der Waals surface area contributed by atoms with Crippen molar-refractivity contribution in [2.45, 2.75) is 17.7 Å². The Bertz CT molecular complexity index is 639. The summed E-state index contributed by atoms with van der Waals surface area (Å²) in [6, 6.07) is 3.09. The van der Waals surface area contributed by atoms with Crippen LogP contribution in [0, 0.1) is 6.92 Å². The zero-order chi connectivity index (χ0) is 15.4. The van der Waals surface area contributed by atoms with Gasteiger partial charge in [-0.1, -0.05) is 35.0 Å². The monoisotopic (exact) mass is 362 g/mol. The highest BCUT2D eigenvalue weighted by molar-refractivity contribution is 8.00. The first kappa shape index (κ1) is 16.4. The molecule has 1 aromatic carbocycles. The van der Waals surface area contributed by atoms with Crippen molar-refractivity contribution in [2.24, 2.45) is 0 Å². The molecule has 2 rings (SSSR count). The van der Waals surface area contributed by atoms with Gasteiger partial charge in [0.05, 0.1) is 15.7 Å². The number of nitrogens with one attached hydrogen (secondary N) is 1. The van der Waals surface area contributed by atoms with E-state index in [1.54, 1.807) is 12.1 Å². The summed E-state index contributed by atoms with van der Waals surface area (Å²) >= 11 is 14.8. The smallest absolute Gasteiger partial charge is 0.225 e. The van der Waals surface area contributed by atoms with Gasteiger partial charge in [-0.15, -0.1) is 0 Å². The number of nitrogens with two attached hydrogens (primary N) is 1. The van der Waals surface area contributed by atoms with Gasteiger partial charge >= 0.3 is 0 Å². The van der Waals surface area contributed by atoms with Crippen molar-refractivity contribution in [3.63, 3.8) is 0 Å². The lowest BCUT2D eigenvalue weighted by Crippen LogP contribution is -2.13. The van der Waals surface area contributed by atoms with Crippen LogP contribution in [0.3, 0.4) is 0 Å². The molecule has 5 nitrogen and oxygen atoms in total. The van der Waals surface area contributed by atoms with Gasteiger partial charge in [0.1, 0.15) is 5.82 Å². The first-order valence-electron chi connectivity index (χ1n) is 5.93. The number of anilines is 2. The molecule has 0 aliphatic rings. The molecule has 1 heterocycles. The number of amides is 1. The highest BCUT2D eigenvalue weighted by Gasteiger charge is 2.11. The van der Waals surface area contributed by atoms with Crippen LogP contribution in [0.15, 0.2) is 16.5 Å². The van der Waals surface area contributed by atoms with E-state index in [-0.39, 0.29) is 5.91 Å². The van der Waals surface area contributed by atoms with E-state index < -0.39 is 0 Å². The molecule has 0 bridgehead atoms. The molecule has 0 atom stereocenters. The summed E-state index contributed by atoms with van der Waals surface area (Å²) in [5.41, 5.74) is 6.44. The van der Waals surface area contributed by atoms with E-state index in [1.807, 2.05) is 6.92 Å². The first-order chi connectivity index (χ1) is 9.95. The van der Waals surface area contributed by atoms with Crippen molar-refractivity contribution in [3.05, 3.63) is 28.0 Å². The molecule has 0 spiro atoms. The number of carbonyl (C=O) groups is 1. The minimum absolute atomic E-state index is 0.169. The molecule has 0 fully saturated rings. The molecule has 0 saturated heterocycles. The van der Waals surface area contributed by atoms with Crippen molar-refractivity contribution >= 4 is 63.8 Å². The maximum Gasteiger partial charge on any atom is 0.225 e. The van der Waals surface area contributed by atoms with Gasteiger partial charge in [0.2, 0.25) is 5.91 Å². The Hall–Kier alpha value is -1.02. The number of carbonyl (C=O) groups excluding carboxylic acids is 1. The molecule has 3 N–H and O–H groups in total. The fourth-order valence-corrected chi connectivity index (χ4v) is 3.74. The average molecular weight is 363 g/mol. The maximum absolute atomic E-state index is 11.9. The second-order valence-corrected chi connectivity index (χ2v) is 7.02. The maximum atomic E-state index is 11.9. The molecule has 0 aliphatic carbocycles. The van der Waals surface area contributed by atoms with Crippen LogP contribution in [0.1, 0.15) is 12.2 Å². The number of aromatic nitrogens is 2. The van der Waals surface area contributed by atoms with Gasteiger partial charge in [0.25, 0.3) is 0 Å². The van der Waals surface area contributed by atoms with Crippen molar-refractivity contribution < 1.29 is 4.79 Å². The Kier molecular flexibility index (Phi) is 5.69. The molecular weight excluding hydrogens is 351 g/mol. The van der Waals surface area contributed by atoms with Crippen LogP contribution < -0.4 is 11.1 Å². The fraction of sp³-hybridized carbons (Fsp3) is 0.250. The number of nitrogens with zero attached hydrogens (tertiary/aromatic N) is 2. The standard InChI is InChI=1S/C12H12Cl2N4OS2/c1-6-16-12(21-18-6)20-3-2-10(19)17-11-8(13)4-7(15)5-9(11)14/h4-5H,2-3,15H2,1H3,(H,17,19). The molecule has 112 valence electrons. The van der Waals surface area contributed by atoms with Gasteiger partial charge in [0.15, 0.2) is 4.34 Å². The third-order valence-electron chi connectivity index (χ3n) is 2.39. The largest absolute Gasteiger partial charge is 0.399 e. The molecule has 0 radical (unpaired) electrons. The number of nitrogen functional groups attached to an aromatic ring is 1. The summed E-state index contributed by atoms with van der Waals surface area (Å²) in [5.74, 6) is 1.18. The van der Waals surface area contributed by atoms with E-state index in [1.165, 1.54) is 23.3 Å². The van der Waals surface area contributed by atoms with Crippen LogP contribution in [0.25, 0.3) is 0 Å². The van der Waals surface area contributed by atoms with E-state index >= 15 is 0 Å². The van der Waals surface area contributed by atoms with Crippen molar-refractivity contribution in [2.75, 3.05) is 16.8 Å². The molecule has 0 aliphatic heterocycles. The second kappa shape index (κ2) is 7.31. The summed E-state index contributed by atoms with van der Waals surface area (Å²) in [6.45, 7) is 1.83. The summed E-state index contributed by atoms with van der Waals surface area (Å²) < 4.78 is 4.93. The minimum Gasteiger partial charge on any atom is -0.399 e.